The molecule has 1 aliphatic rings. The van der Waals surface area contributed by atoms with Gasteiger partial charge in [0, 0.05) is 26.6 Å². The summed E-state index contributed by atoms with van der Waals surface area (Å²) < 4.78 is 51.7. The van der Waals surface area contributed by atoms with E-state index in [1.54, 1.807) is 0 Å². The van der Waals surface area contributed by atoms with E-state index < -0.39 is 26.0 Å². The summed E-state index contributed by atoms with van der Waals surface area (Å²) >= 11 is 0.690. The van der Waals surface area contributed by atoms with Gasteiger partial charge in [0.15, 0.2) is 0 Å². The van der Waals surface area contributed by atoms with Gasteiger partial charge in [0.1, 0.15) is 0 Å². The van der Waals surface area contributed by atoms with Gasteiger partial charge in [-0.1, -0.05) is 17.8 Å². The van der Waals surface area contributed by atoms with Crippen molar-refractivity contribution in [1.29, 1.82) is 0 Å². The first-order valence-corrected chi connectivity index (χ1v) is 11.2. The molecule has 0 aromatic carbocycles. The first-order chi connectivity index (χ1) is 11.2. The smallest absolute Gasteiger partial charge is 0.269 e. The minimum absolute atomic E-state index is 0.0591. The lowest BCUT2D eigenvalue weighted by molar-refractivity contribution is -0.114. The Morgan fingerprint density at radius 1 is 1.17 bits per heavy atom. The van der Waals surface area contributed by atoms with E-state index in [9.17, 15) is 21.6 Å². The lowest BCUT2D eigenvalue weighted by atomic mass is 10.2. The van der Waals surface area contributed by atoms with Crippen molar-refractivity contribution in [2.24, 2.45) is 0 Å². The highest BCUT2D eigenvalue weighted by molar-refractivity contribution is 7.91. The van der Waals surface area contributed by atoms with Gasteiger partial charge in [-0.2, -0.15) is 0 Å². The Hall–Kier alpha value is -1.15. The summed E-state index contributed by atoms with van der Waals surface area (Å²) in [5.41, 5.74) is 0. The van der Waals surface area contributed by atoms with Gasteiger partial charge < -0.3 is 5.32 Å². The van der Waals surface area contributed by atoms with Gasteiger partial charge in [0.25, 0.3) is 10.0 Å². The summed E-state index contributed by atoms with van der Waals surface area (Å²) in [6.07, 6.45) is 2.65. The van der Waals surface area contributed by atoms with Crippen LogP contribution < -0.4 is 10.0 Å². The molecule has 0 unspecified atom stereocenters. The number of amides is 1. The molecule has 1 amide bonds. The van der Waals surface area contributed by atoms with Gasteiger partial charge in [0.05, 0.1) is 5.75 Å². The molecule has 13 heteroatoms. The van der Waals surface area contributed by atoms with Crippen molar-refractivity contribution in [3.63, 3.8) is 0 Å². The normalized spacial score (nSPS) is 16.9. The van der Waals surface area contributed by atoms with Crippen LogP contribution in [-0.4, -0.2) is 62.6 Å². The molecule has 2 rings (SSSR count). The number of piperidine rings is 1. The SMILES string of the molecule is CC(=O)Nc1nnc(S(=O)(=O)NCCS(=O)(=O)N2CCCCC2)s1. The van der Waals surface area contributed by atoms with Crippen LogP contribution in [0.1, 0.15) is 26.2 Å². The maximum Gasteiger partial charge on any atom is 0.269 e. The molecule has 1 saturated heterocycles. The predicted molar refractivity (Wildman–Crippen MR) is 88.6 cm³/mol. The van der Waals surface area contributed by atoms with Gasteiger partial charge in [-0.25, -0.2) is 25.9 Å². The average Bonchev–Trinajstić information content (AvgIpc) is 2.96. The van der Waals surface area contributed by atoms with Crippen molar-refractivity contribution in [2.45, 2.75) is 30.5 Å². The number of sulfonamides is 2. The Bertz CT molecular complexity index is 783. The zero-order valence-corrected chi connectivity index (χ0v) is 15.5. The van der Waals surface area contributed by atoms with Crippen LogP contribution in [0.25, 0.3) is 0 Å². The summed E-state index contributed by atoms with van der Waals surface area (Å²) in [5, 5.41) is 9.42. The van der Waals surface area contributed by atoms with Crippen molar-refractivity contribution in [3.8, 4) is 0 Å². The molecule has 1 aliphatic heterocycles. The molecular weight excluding hydrogens is 378 g/mol. The Morgan fingerprint density at radius 3 is 2.46 bits per heavy atom. The largest absolute Gasteiger partial charge is 0.301 e. The summed E-state index contributed by atoms with van der Waals surface area (Å²) in [6.45, 7) is 1.96. The van der Waals surface area contributed by atoms with Crippen LogP contribution in [0, 0.1) is 0 Å². The number of carbonyl (C=O) groups excluding carboxylic acids is 1. The second-order valence-electron chi connectivity index (χ2n) is 5.23. The maximum atomic E-state index is 12.2. The number of carbonyl (C=O) groups is 1. The van der Waals surface area contributed by atoms with Gasteiger partial charge in [-0.15, -0.1) is 10.2 Å². The standard InChI is InChI=1S/C11H19N5O5S3/c1-9(17)13-10-14-15-11(22-10)24(20,21)12-5-8-23(18,19)16-6-3-2-4-7-16/h12H,2-8H2,1H3,(H,13,14,17). The van der Waals surface area contributed by atoms with Crippen LogP contribution in [0.3, 0.4) is 0 Å². The molecule has 136 valence electrons. The van der Waals surface area contributed by atoms with E-state index in [2.05, 4.69) is 20.2 Å². The molecule has 0 aliphatic carbocycles. The Kier molecular flexibility index (Phi) is 6.25. The zero-order valence-electron chi connectivity index (χ0n) is 13.1. The monoisotopic (exact) mass is 397 g/mol. The number of aromatic nitrogens is 2. The quantitative estimate of drug-likeness (QED) is 0.596. The zero-order chi connectivity index (χ0) is 17.8. The first-order valence-electron chi connectivity index (χ1n) is 7.29. The molecule has 1 aromatic heterocycles. The van der Waals surface area contributed by atoms with E-state index in [-0.39, 0.29) is 21.8 Å². The molecule has 0 bridgehead atoms. The third-order valence-electron chi connectivity index (χ3n) is 3.28. The van der Waals surface area contributed by atoms with E-state index in [0.717, 1.165) is 19.3 Å². The Balaban J connectivity index is 1.92. The molecule has 0 radical (unpaired) electrons. The second kappa shape index (κ2) is 7.82. The van der Waals surface area contributed by atoms with E-state index in [4.69, 9.17) is 0 Å². The number of nitrogens with zero attached hydrogens (tertiary/aromatic N) is 3. The molecule has 0 saturated carbocycles. The fourth-order valence-corrected chi connectivity index (χ4v) is 5.74. The first kappa shape index (κ1) is 19.2. The average molecular weight is 398 g/mol. The molecule has 1 aromatic rings. The number of hydrogen-bond donors (Lipinski definition) is 2. The summed E-state index contributed by atoms with van der Waals surface area (Å²) in [7, 11) is -7.45. The molecule has 0 spiro atoms. The van der Waals surface area contributed by atoms with Crippen LogP contribution in [0.5, 0.6) is 0 Å². The fourth-order valence-electron chi connectivity index (χ4n) is 2.16. The summed E-state index contributed by atoms with van der Waals surface area (Å²) in [4.78, 5) is 10.9. The van der Waals surface area contributed by atoms with Crippen molar-refractivity contribution >= 4 is 42.4 Å². The third kappa shape index (κ3) is 5.17. The van der Waals surface area contributed by atoms with Crippen molar-refractivity contribution in [2.75, 3.05) is 30.7 Å². The minimum atomic E-state index is -3.97. The lowest BCUT2D eigenvalue weighted by Gasteiger charge is -2.25. The second-order valence-corrected chi connectivity index (χ2v) is 10.2. The van der Waals surface area contributed by atoms with Crippen LogP contribution in [-0.2, 0) is 24.8 Å². The van der Waals surface area contributed by atoms with E-state index >= 15 is 0 Å². The fraction of sp³-hybridized carbons (Fsp3) is 0.727. The molecular formula is C11H19N5O5S3. The molecule has 2 heterocycles. The molecule has 2 N–H and O–H groups in total. The Morgan fingerprint density at radius 2 is 1.83 bits per heavy atom. The van der Waals surface area contributed by atoms with Gasteiger partial charge in [-0.3, -0.25) is 4.79 Å². The van der Waals surface area contributed by atoms with Gasteiger partial charge >= 0.3 is 0 Å². The number of hydrogen-bond acceptors (Lipinski definition) is 8. The van der Waals surface area contributed by atoms with E-state index in [1.165, 1.54) is 11.2 Å². The maximum absolute atomic E-state index is 12.2. The van der Waals surface area contributed by atoms with Crippen LogP contribution in [0.4, 0.5) is 5.13 Å². The van der Waals surface area contributed by atoms with Gasteiger partial charge in [0.2, 0.25) is 25.4 Å². The van der Waals surface area contributed by atoms with E-state index in [1.807, 2.05) is 0 Å². The number of anilines is 1. The molecule has 0 atom stereocenters. The lowest BCUT2D eigenvalue weighted by Crippen LogP contribution is -2.40. The van der Waals surface area contributed by atoms with E-state index in [0.29, 0.717) is 24.4 Å². The number of rotatable bonds is 7. The van der Waals surface area contributed by atoms with Crippen molar-refractivity contribution in [3.05, 3.63) is 0 Å². The highest BCUT2D eigenvalue weighted by Gasteiger charge is 2.25. The summed E-state index contributed by atoms with van der Waals surface area (Å²) in [6, 6.07) is 0. The topological polar surface area (TPSA) is 138 Å². The highest BCUT2D eigenvalue weighted by Crippen LogP contribution is 2.19. The van der Waals surface area contributed by atoms with Crippen molar-refractivity contribution in [1.82, 2.24) is 19.2 Å². The predicted octanol–water partition coefficient (Wildman–Crippen LogP) is -0.409. The van der Waals surface area contributed by atoms with Crippen LogP contribution in [0.2, 0.25) is 0 Å². The van der Waals surface area contributed by atoms with Crippen LogP contribution in [0.15, 0.2) is 4.34 Å². The number of nitrogens with one attached hydrogen (secondary N) is 2. The van der Waals surface area contributed by atoms with Gasteiger partial charge in [-0.05, 0) is 12.8 Å². The van der Waals surface area contributed by atoms with Crippen molar-refractivity contribution < 1.29 is 21.6 Å². The molecule has 10 nitrogen and oxygen atoms in total. The Labute approximate surface area is 144 Å². The molecule has 24 heavy (non-hydrogen) atoms. The summed E-state index contributed by atoms with van der Waals surface area (Å²) in [5.74, 6) is -0.709. The minimum Gasteiger partial charge on any atom is -0.301 e. The highest BCUT2D eigenvalue weighted by atomic mass is 32.2. The van der Waals surface area contributed by atoms with Crippen LogP contribution >= 0.6 is 11.3 Å². The molecule has 1 fully saturated rings. The third-order valence-corrected chi connectivity index (χ3v) is 7.82.